The van der Waals surface area contributed by atoms with Gasteiger partial charge in [0.05, 0.1) is 0 Å². The zero-order chi connectivity index (χ0) is 19.3. The number of benzene rings is 2. The van der Waals surface area contributed by atoms with Gasteiger partial charge in [-0.1, -0.05) is 42.5 Å². The van der Waals surface area contributed by atoms with E-state index in [9.17, 15) is 4.79 Å². The van der Waals surface area contributed by atoms with Gasteiger partial charge in [-0.15, -0.1) is 21.5 Å². The van der Waals surface area contributed by atoms with Crippen LogP contribution in [-0.2, 0) is 6.42 Å². The van der Waals surface area contributed by atoms with E-state index in [4.69, 9.17) is 0 Å². The van der Waals surface area contributed by atoms with Crippen LogP contribution in [-0.4, -0.2) is 34.2 Å². The number of anilines is 1. The Morgan fingerprint density at radius 2 is 2.04 bits per heavy atom. The molecule has 1 N–H and O–H groups in total. The Labute approximate surface area is 169 Å². The number of carbonyl (C=O) groups is 1. The Morgan fingerprint density at radius 3 is 2.86 bits per heavy atom. The molecule has 0 spiro atoms. The molecule has 1 aliphatic heterocycles. The standard InChI is InChI=1S/C22H24N4OS/c1-16-7-5-11-19(13-16)23-22(27)26-12-6-10-18(15-26)21-25-24-20(28-21)14-17-8-3-2-4-9-17/h2-5,7-9,11,13,18H,6,10,12,14-15H2,1H3,(H,23,27). The first-order valence-corrected chi connectivity index (χ1v) is 10.5. The highest BCUT2D eigenvalue weighted by atomic mass is 32.1. The lowest BCUT2D eigenvalue weighted by atomic mass is 9.99. The summed E-state index contributed by atoms with van der Waals surface area (Å²) in [5.74, 6) is 0.263. The first-order chi connectivity index (χ1) is 13.7. The van der Waals surface area contributed by atoms with E-state index in [0.29, 0.717) is 6.54 Å². The monoisotopic (exact) mass is 392 g/mol. The molecule has 3 aromatic rings. The molecule has 0 aliphatic carbocycles. The number of hydrogen-bond acceptors (Lipinski definition) is 4. The van der Waals surface area contributed by atoms with Gasteiger partial charge in [0.25, 0.3) is 0 Å². The van der Waals surface area contributed by atoms with E-state index < -0.39 is 0 Å². The van der Waals surface area contributed by atoms with Crippen molar-refractivity contribution in [2.45, 2.75) is 32.1 Å². The van der Waals surface area contributed by atoms with Gasteiger partial charge >= 0.3 is 6.03 Å². The fourth-order valence-corrected chi connectivity index (χ4v) is 4.56. The third kappa shape index (κ3) is 4.57. The van der Waals surface area contributed by atoms with Gasteiger partial charge < -0.3 is 10.2 Å². The third-order valence-electron chi connectivity index (χ3n) is 5.01. The number of nitrogens with zero attached hydrogens (tertiary/aromatic N) is 3. The van der Waals surface area contributed by atoms with Crippen molar-refractivity contribution in [3.05, 3.63) is 75.7 Å². The van der Waals surface area contributed by atoms with Crippen LogP contribution in [0.3, 0.4) is 0 Å². The highest BCUT2D eigenvalue weighted by Crippen LogP contribution is 2.30. The zero-order valence-corrected chi connectivity index (χ0v) is 16.8. The predicted octanol–water partition coefficient (Wildman–Crippen LogP) is 4.85. The second-order valence-electron chi connectivity index (χ2n) is 7.28. The van der Waals surface area contributed by atoms with Gasteiger partial charge in [0, 0.05) is 31.1 Å². The minimum Gasteiger partial charge on any atom is -0.324 e. The van der Waals surface area contributed by atoms with Crippen LogP contribution < -0.4 is 5.32 Å². The third-order valence-corrected chi connectivity index (χ3v) is 6.09. The summed E-state index contributed by atoms with van der Waals surface area (Å²) in [4.78, 5) is 14.6. The molecule has 1 saturated heterocycles. The van der Waals surface area contributed by atoms with E-state index in [1.165, 1.54) is 5.56 Å². The topological polar surface area (TPSA) is 58.1 Å². The number of likely N-dealkylation sites (tertiary alicyclic amines) is 1. The van der Waals surface area contributed by atoms with Crippen LogP contribution in [0.15, 0.2) is 54.6 Å². The highest BCUT2D eigenvalue weighted by molar-refractivity contribution is 7.11. The van der Waals surface area contributed by atoms with Gasteiger partial charge in [-0.05, 0) is 43.0 Å². The number of amides is 2. The van der Waals surface area contributed by atoms with Gasteiger partial charge in [0.2, 0.25) is 0 Å². The van der Waals surface area contributed by atoms with E-state index in [1.807, 2.05) is 54.3 Å². The average Bonchev–Trinajstić information content (AvgIpc) is 3.17. The van der Waals surface area contributed by atoms with Crippen LogP contribution in [0.2, 0.25) is 0 Å². The van der Waals surface area contributed by atoms with Crippen LogP contribution in [0, 0.1) is 6.92 Å². The van der Waals surface area contributed by atoms with E-state index in [0.717, 1.165) is 47.1 Å². The number of carbonyl (C=O) groups excluding carboxylic acids is 1. The Bertz CT molecular complexity index is 940. The average molecular weight is 393 g/mol. The van der Waals surface area contributed by atoms with E-state index in [2.05, 4.69) is 27.6 Å². The number of hydrogen-bond donors (Lipinski definition) is 1. The number of aryl methyl sites for hydroxylation is 1. The normalized spacial score (nSPS) is 16.8. The lowest BCUT2D eigenvalue weighted by molar-refractivity contribution is 0.192. The second-order valence-corrected chi connectivity index (χ2v) is 8.37. The summed E-state index contributed by atoms with van der Waals surface area (Å²) in [7, 11) is 0. The smallest absolute Gasteiger partial charge is 0.321 e. The maximum absolute atomic E-state index is 12.7. The van der Waals surface area contributed by atoms with Crippen molar-refractivity contribution < 1.29 is 4.79 Å². The number of aromatic nitrogens is 2. The summed E-state index contributed by atoms with van der Waals surface area (Å²) >= 11 is 1.67. The minimum absolute atomic E-state index is 0.0377. The molecule has 28 heavy (non-hydrogen) atoms. The van der Waals surface area contributed by atoms with Gasteiger partial charge in [-0.2, -0.15) is 0 Å². The second kappa shape index (κ2) is 8.52. The predicted molar refractivity (Wildman–Crippen MR) is 113 cm³/mol. The van der Waals surface area contributed by atoms with Gasteiger partial charge in [-0.25, -0.2) is 4.79 Å². The van der Waals surface area contributed by atoms with E-state index in [1.54, 1.807) is 11.3 Å². The number of rotatable bonds is 4. The molecule has 1 aliphatic rings. The summed E-state index contributed by atoms with van der Waals surface area (Å²) < 4.78 is 0. The summed E-state index contributed by atoms with van der Waals surface area (Å²) in [5, 5.41) is 13.9. The summed E-state index contributed by atoms with van der Waals surface area (Å²) in [5.41, 5.74) is 3.22. The number of nitrogens with one attached hydrogen (secondary N) is 1. The fraction of sp³-hybridized carbons (Fsp3) is 0.318. The van der Waals surface area contributed by atoms with Crippen molar-refractivity contribution in [2.75, 3.05) is 18.4 Å². The molecule has 144 valence electrons. The molecule has 1 atom stereocenters. The lowest BCUT2D eigenvalue weighted by Crippen LogP contribution is -2.41. The van der Waals surface area contributed by atoms with Crippen LogP contribution >= 0.6 is 11.3 Å². The molecule has 2 aromatic carbocycles. The first kappa shape index (κ1) is 18.6. The summed E-state index contributed by atoms with van der Waals surface area (Å²) in [6.07, 6.45) is 2.84. The molecule has 4 rings (SSSR count). The van der Waals surface area contributed by atoms with Gasteiger partial charge in [0.15, 0.2) is 0 Å². The van der Waals surface area contributed by atoms with Crippen molar-refractivity contribution in [1.29, 1.82) is 0 Å². The van der Waals surface area contributed by atoms with Crippen LogP contribution in [0.4, 0.5) is 10.5 Å². The molecule has 0 saturated carbocycles. The van der Waals surface area contributed by atoms with Crippen molar-refractivity contribution in [3.8, 4) is 0 Å². The summed E-state index contributed by atoms with van der Waals surface area (Å²) in [6.45, 7) is 3.50. The Balaban J connectivity index is 1.39. The molecule has 1 aromatic heterocycles. The molecular formula is C22H24N4OS. The van der Waals surface area contributed by atoms with Crippen LogP contribution in [0.5, 0.6) is 0 Å². The quantitative estimate of drug-likeness (QED) is 0.690. The molecule has 1 unspecified atom stereocenters. The molecule has 0 radical (unpaired) electrons. The maximum Gasteiger partial charge on any atom is 0.321 e. The first-order valence-electron chi connectivity index (χ1n) is 9.66. The molecule has 2 heterocycles. The van der Waals surface area contributed by atoms with Crippen LogP contribution in [0.1, 0.15) is 39.9 Å². The zero-order valence-electron chi connectivity index (χ0n) is 16.0. The minimum atomic E-state index is -0.0377. The van der Waals surface area contributed by atoms with Crippen molar-refractivity contribution in [3.63, 3.8) is 0 Å². The molecule has 6 heteroatoms. The van der Waals surface area contributed by atoms with Crippen molar-refractivity contribution in [1.82, 2.24) is 15.1 Å². The number of urea groups is 1. The van der Waals surface area contributed by atoms with E-state index in [-0.39, 0.29) is 11.9 Å². The Morgan fingerprint density at radius 1 is 1.18 bits per heavy atom. The molecule has 2 amide bonds. The molecule has 5 nitrogen and oxygen atoms in total. The largest absolute Gasteiger partial charge is 0.324 e. The van der Waals surface area contributed by atoms with E-state index >= 15 is 0 Å². The highest BCUT2D eigenvalue weighted by Gasteiger charge is 2.27. The van der Waals surface area contributed by atoms with Crippen molar-refractivity contribution >= 4 is 23.1 Å². The SMILES string of the molecule is Cc1cccc(NC(=O)N2CCCC(c3nnc(Cc4ccccc4)s3)C2)c1. The van der Waals surface area contributed by atoms with Crippen LogP contribution in [0.25, 0.3) is 0 Å². The number of piperidine rings is 1. The lowest BCUT2D eigenvalue weighted by Gasteiger charge is -2.31. The Hall–Kier alpha value is -2.73. The fourth-order valence-electron chi connectivity index (χ4n) is 3.56. The van der Waals surface area contributed by atoms with Gasteiger partial charge in [-0.3, -0.25) is 0 Å². The molecular weight excluding hydrogens is 368 g/mol. The summed E-state index contributed by atoms with van der Waals surface area (Å²) in [6, 6.07) is 18.2. The van der Waals surface area contributed by atoms with Gasteiger partial charge in [0.1, 0.15) is 10.0 Å². The van der Waals surface area contributed by atoms with Crippen molar-refractivity contribution in [2.24, 2.45) is 0 Å². The Kier molecular flexibility index (Phi) is 5.67. The molecule has 1 fully saturated rings. The maximum atomic E-state index is 12.7. The molecule has 0 bridgehead atoms.